The maximum atomic E-state index is 14.4. The molecule has 7 heteroatoms. The minimum absolute atomic E-state index is 0.0984. The van der Waals surface area contributed by atoms with Crippen LogP contribution in [0.25, 0.3) is 11.3 Å². The van der Waals surface area contributed by atoms with Crippen molar-refractivity contribution in [2.75, 3.05) is 0 Å². The van der Waals surface area contributed by atoms with E-state index in [0.717, 1.165) is 12.3 Å². The van der Waals surface area contributed by atoms with Gasteiger partial charge in [-0.3, -0.25) is 4.79 Å². The molecule has 0 amide bonds. The second-order valence-corrected chi connectivity index (χ2v) is 6.17. The van der Waals surface area contributed by atoms with E-state index >= 15 is 0 Å². The zero-order valence-electron chi connectivity index (χ0n) is 12.6. The molecule has 0 radical (unpaired) electrons. The largest absolute Gasteiger partial charge is 0.293 e. The van der Waals surface area contributed by atoms with Crippen molar-refractivity contribution >= 4 is 28.8 Å². The molecule has 0 atom stereocenters. The molecule has 1 aliphatic heterocycles. The second kappa shape index (κ2) is 5.16. The van der Waals surface area contributed by atoms with Crippen molar-refractivity contribution in [2.24, 2.45) is 4.99 Å². The van der Waals surface area contributed by atoms with Gasteiger partial charge in [0.25, 0.3) is 0 Å². The molecule has 2 heterocycles. The highest BCUT2D eigenvalue weighted by molar-refractivity contribution is 6.44. The van der Waals surface area contributed by atoms with Gasteiger partial charge in [-0.1, -0.05) is 0 Å². The molecule has 118 valence electrons. The van der Waals surface area contributed by atoms with Crippen LogP contribution in [-0.2, 0) is 10.2 Å². The number of ketones is 1. The molecule has 0 fully saturated rings. The maximum absolute atomic E-state index is 14.4. The first-order chi connectivity index (χ1) is 10.7. The molecule has 1 aromatic carbocycles. The van der Waals surface area contributed by atoms with Crippen LogP contribution in [0.1, 0.15) is 26.3 Å². The molecular formula is C16H12ClF2N3O. The zero-order chi connectivity index (χ0) is 16.9. The third-order valence-electron chi connectivity index (χ3n) is 3.87. The van der Waals surface area contributed by atoms with Crippen molar-refractivity contribution in [1.82, 2.24) is 9.97 Å². The fraction of sp³-hybridized carbons (Fsp3) is 0.250. The van der Waals surface area contributed by atoms with Crippen molar-refractivity contribution in [3.63, 3.8) is 0 Å². The van der Waals surface area contributed by atoms with E-state index in [2.05, 4.69) is 15.0 Å². The van der Waals surface area contributed by atoms with Gasteiger partial charge < -0.3 is 0 Å². The van der Waals surface area contributed by atoms with Crippen molar-refractivity contribution in [2.45, 2.75) is 26.2 Å². The average molecular weight is 336 g/mol. The summed E-state index contributed by atoms with van der Waals surface area (Å²) < 4.78 is 28.4. The van der Waals surface area contributed by atoms with Crippen LogP contribution in [0, 0.1) is 11.6 Å². The van der Waals surface area contributed by atoms with Crippen LogP contribution in [0.5, 0.6) is 0 Å². The highest BCUT2D eigenvalue weighted by Gasteiger charge is 2.39. The predicted octanol–water partition coefficient (Wildman–Crippen LogP) is 4.03. The number of benzene rings is 1. The Morgan fingerprint density at radius 2 is 1.91 bits per heavy atom. The molecule has 0 saturated heterocycles. The van der Waals surface area contributed by atoms with Gasteiger partial charge in [0.05, 0.1) is 11.9 Å². The van der Waals surface area contributed by atoms with Gasteiger partial charge in [0.1, 0.15) is 17.2 Å². The topological polar surface area (TPSA) is 55.2 Å². The molecule has 0 N–H and O–H groups in total. The fourth-order valence-electron chi connectivity index (χ4n) is 2.77. The Hall–Kier alpha value is -2.21. The quantitative estimate of drug-likeness (QED) is 0.779. The molecule has 1 aromatic heterocycles. The van der Waals surface area contributed by atoms with Crippen LogP contribution < -0.4 is 0 Å². The van der Waals surface area contributed by atoms with E-state index in [1.165, 1.54) is 6.92 Å². The smallest absolute Gasteiger partial charge is 0.223 e. The monoisotopic (exact) mass is 335 g/mol. The third kappa shape index (κ3) is 2.43. The van der Waals surface area contributed by atoms with Gasteiger partial charge in [0, 0.05) is 17.9 Å². The number of rotatable bonds is 2. The van der Waals surface area contributed by atoms with Crippen LogP contribution in [0.3, 0.4) is 0 Å². The van der Waals surface area contributed by atoms with Crippen molar-refractivity contribution in [3.05, 3.63) is 40.8 Å². The molecule has 0 unspecified atom stereocenters. The summed E-state index contributed by atoms with van der Waals surface area (Å²) >= 11 is 5.69. The highest BCUT2D eigenvalue weighted by Crippen LogP contribution is 2.44. The van der Waals surface area contributed by atoms with Gasteiger partial charge in [0.2, 0.25) is 5.28 Å². The molecule has 0 spiro atoms. The van der Waals surface area contributed by atoms with E-state index in [4.69, 9.17) is 11.6 Å². The number of hydrogen-bond acceptors (Lipinski definition) is 4. The standard InChI is InChI=1S/C16H12ClF2N3O/c1-7(23)14-16(2,3)9-4-8(5-10(18)13(9)21-14)12-11(19)6-20-15(17)22-12/h4-6H,1-3H3. The number of carbonyl (C=O) groups is 1. The van der Waals surface area contributed by atoms with Gasteiger partial charge in [0.15, 0.2) is 11.6 Å². The first kappa shape index (κ1) is 15.7. The molecule has 4 nitrogen and oxygen atoms in total. The third-order valence-corrected chi connectivity index (χ3v) is 4.06. The molecule has 3 rings (SSSR count). The Morgan fingerprint density at radius 3 is 2.57 bits per heavy atom. The Labute approximate surface area is 136 Å². The number of hydrogen-bond donors (Lipinski definition) is 0. The molecule has 1 aliphatic rings. The van der Waals surface area contributed by atoms with Crippen molar-refractivity contribution < 1.29 is 13.6 Å². The minimum Gasteiger partial charge on any atom is -0.293 e. The SMILES string of the molecule is CC(=O)C1=Nc2c(F)cc(-c3nc(Cl)ncc3F)cc2C1(C)C. The maximum Gasteiger partial charge on any atom is 0.223 e. The van der Waals surface area contributed by atoms with Crippen molar-refractivity contribution in [1.29, 1.82) is 0 Å². The number of nitrogens with zero attached hydrogens (tertiary/aromatic N) is 3. The lowest BCUT2D eigenvalue weighted by molar-refractivity contribution is -0.111. The van der Waals surface area contributed by atoms with Crippen molar-refractivity contribution in [3.8, 4) is 11.3 Å². The van der Waals surface area contributed by atoms with Gasteiger partial charge in [-0.25, -0.2) is 23.7 Å². The van der Waals surface area contributed by atoms with E-state index in [-0.39, 0.29) is 33.7 Å². The molecule has 0 saturated carbocycles. The lowest BCUT2D eigenvalue weighted by atomic mass is 9.79. The summed E-state index contributed by atoms with van der Waals surface area (Å²) in [5.41, 5.74) is 0.224. The van der Waals surface area contributed by atoms with E-state index in [1.807, 2.05) is 0 Å². The van der Waals surface area contributed by atoms with Crippen LogP contribution >= 0.6 is 11.6 Å². The van der Waals surface area contributed by atoms with Crippen LogP contribution in [0.2, 0.25) is 5.28 Å². The summed E-state index contributed by atoms with van der Waals surface area (Å²) in [5.74, 6) is -1.59. The molecular weight excluding hydrogens is 324 g/mol. The Kier molecular flexibility index (Phi) is 3.52. The average Bonchev–Trinajstić information content (AvgIpc) is 2.74. The van der Waals surface area contributed by atoms with Gasteiger partial charge in [-0.05, 0) is 43.1 Å². The fourth-order valence-corrected chi connectivity index (χ4v) is 2.91. The van der Waals surface area contributed by atoms with Crippen LogP contribution in [-0.4, -0.2) is 21.5 Å². The number of Topliss-reactive ketones (excluding diaryl/α,β-unsaturated/α-hetero) is 1. The summed E-state index contributed by atoms with van der Waals surface area (Å²) in [4.78, 5) is 23.2. The summed E-state index contributed by atoms with van der Waals surface area (Å²) in [6.45, 7) is 4.92. The zero-order valence-corrected chi connectivity index (χ0v) is 13.4. The van der Waals surface area contributed by atoms with E-state index in [0.29, 0.717) is 5.56 Å². The predicted molar refractivity (Wildman–Crippen MR) is 83.2 cm³/mol. The Morgan fingerprint density at radius 1 is 1.22 bits per heavy atom. The Balaban J connectivity index is 2.23. The van der Waals surface area contributed by atoms with E-state index < -0.39 is 17.0 Å². The van der Waals surface area contributed by atoms with Crippen LogP contribution in [0.15, 0.2) is 23.3 Å². The minimum atomic E-state index is -0.773. The second-order valence-electron chi connectivity index (χ2n) is 5.83. The Bertz CT molecular complexity index is 878. The normalized spacial score (nSPS) is 15.3. The first-order valence-electron chi connectivity index (χ1n) is 6.84. The summed E-state index contributed by atoms with van der Waals surface area (Å²) in [6.07, 6.45) is 0.929. The summed E-state index contributed by atoms with van der Waals surface area (Å²) in [6, 6.07) is 2.71. The molecule has 23 heavy (non-hydrogen) atoms. The summed E-state index contributed by atoms with van der Waals surface area (Å²) in [7, 11) is 0. The first-order valence-corrected chi connectivity index (χ1v) is 7.22. The molecule has 0 aliphatic carbocycles. The number of halogens is 3. The van der Waals surface area contributed by atoms with E-state index in [9.17, 15) is 13.6 Å². The highest BCUT2D eigenvalue weighted by atomic mass is 35.5. The molecule has 2 aromatic rings. The molecule has 0 bridgehead atoms. The number of aromatic nitrogens is 2. The van der Waals surface area contributed by atoms with E-state index in [1.54, 1.807) is 19.9 Å². The van der Waals surface area contributed by atoms with Gasteiger partial charge in [-0.2, -0.15) is 0 Å². The van der Waals surface area contributed by atoms with Gasteiger partial charge in [-0.15, -0.1) is 0 Å². The lowest BCUT2D eigenvalue weighted by Crippen LogP contribution is -2.30. The lowest BCUT2D eigenvalue weighted by Gasteiger charge is -2.21. The number of aliphatic imine (C=N–C) groups is 1. The van der Waals surface area contributed by atoms with Crippen LogP contribution in [0.4, 0.5) is 14.5 Å². The van der Waals surface area contributed by atoms with Gasteiger partial charge >= 0.3 is 0 Å². The number of carbonyl (C=O) groups excluding carboxylic acids is 1. The number of fused-ring (bicyclic) bond motifs is 1. The summed E-state index contributed by atoms with van der Waals surface area (Å²) in [5, 5.41) is -0.137.